The number of aromatic nitrogens is 3. The van der Waals surface area contributed by atoms with Crippen LogP contribution in [0.4, 0.5) is 0 Å². The molecule has 0 saturated heterocycles. The van der Waals surface area contributed by atoms with Gasteiger partial charge in [0.1, 0.15) is 28.0 Å². The van der Waals surface area contributed by atoms with Crippen LogP contribution in [0.5, 0.6) is 11.5 Å². The number of oxazole rings is 3. The molecule has 1 aliphatic rings. The Morgan fingerprint density at radius 1 is 0.526 bits per heavy atom. The van der Waals surface area contributed by atoms with E-state index in [4.69, 9.17) is 37.7 Å². The summed E-state index contributed by atoms with van der Waals surface area (Å²) in [6.07, 6.45) is 19.9. The van der Waals surface area contributed by atoms with E-state index in [1.54, 1.807) is 0 Å². The minimum absolute atomic E-state index is 0.0149. The van der Waals surface area contributed by atoms with Crippen LogP contribution in [0, 0.1) is 11.8 Å². The van der Waals surface area contributed by atoms with Gasteiger partial charge >= 0.3 is 0 Å². The monoisotopic (exact) mass is 1020 g/mol. The van der Waals surface area contributed by atoms with Gasteiger partial charge in [-0.2, -0.15) is 0 Å². The third-order valence-electron chi connectivity index (χ3n) is 17.2. The topological polar surface area (TPSA) is 96.6 Å². The SMILES string of the molecule is CCCCC(CC)COc1ccc2c(c1)C=C(C(c1nc3cc(OCC(CC)CCCC)ccc3o1)(c1nc3cc(-c4cccc(C(C)(C)CCCC)c4)ccc3o1)c1nc3cc(C(C)(CC)CCCC)ccc3o1)C2. The highest BCUT2D eigenvalue weighted by Gasteiger charge is 2.54. The molecule has 0 fully saturated rings. The zero-order chi connectivity index (χ0) is 53.5. The fourth-order valence-electron chi connectivity index (χ4n) is 11.4. The molecule has 9 rings (SSSR count). The smallest absolute Gasteiger partial charge is 0.224 e. The maximum Gasteiger partial charge on any atom is 0.224 e. The lowest BCUT2D eigenvalue weighted by Gasteiger charge is -2.28. The van der Waals surface area contributed by atoms with Gasteiger partial charge in [0, 0.05) is 6.07 Å². The van der Waals surface area contributed by atoms with E-state index in [0.717, 1.165) is 102 Å². The predicted octanol–water partition coefficient (Wildman–Crippen LogP) is 19.3. The van der Waals surface area contributed by atoms with Crippen molar-refractivity contribution < 1.29 is 22.7 Å². The molecule has 0 radical (unpaired) electrons. The molecule has 0 saturated carbocycles. The maximum atomic E-state index is 7.16. The number of nitrogens with zero attached hydrogens (tertiary/aromatic N) is 3. The Morgan fingerprint density at radius 2 is 1.07 bits per heavy atom. The highest BCUT2D eigenvalue weighted by atomic mass is 16.5. The molecule has 1 aliphatic carbocycles. The van der Waals surface area contributed by atoms with E-state index >= 15 is 0 Å². The number of allylic oxidation sites excluding steroid dienone is 1. The highest BCUT2D eigenvalue weighted by molar-refractivity contribution is 5.83. The van der Waals surface area contributed by atoms with E-state index in [9.17, 15) is 0 Å². The van der Waals surface area contributed by atoms with Crippen molar-refractivity contribution in [3.05, 3.63) is 143 Å². The van der Waals surface area contributed by atoms with E-state index in [1.165, 1.54) is 56.1 Å². The maximum absolute atomic E-state index is 7.16. The van der Waals surface area contributed by atoms with Crippen LogP contribution in [-0.2, 0) is 22.7 Å². The van der Waals surface area contributed by atoms with Crippen LogP contribution in [0.3, 0.4) is 0 Å². The van der Waals surface area contributed by atoms with Gasteiger partial charge < -0.3 is 22.7 Å². The van der Waals surface area contributed by atoms with Crippen molar-refractivity contribution in [2.45, 2.75) is 188 Å². The number of ether oxygens (including phenoxy) is 2. The van der Waals surface area contributed by atoms with Crippen molar-refractivity contribution in [1.82, 2.24) is 15.0 Å². The van der Waals surface area contributed by atoms with Crippen LogP contribution in [0.15, 0.2) is 116 Å². The molecule has 0 aliphatic heterocycles. The van der Waals surface area contributed by atoms with Crippen molar-refractivity contribution in [3.63, 3.8) is 0 Å². The Morgan fingerprint density at radius 3 is 1.67 bits per heavy atom. The Hall–Kier alpha value is -6.15. The number of rotatable bonds is 28. The van der Waals surface area contributed by atoms with Crippen LogP contribution in [0.2, 0.25) is 0 Å². The molecule has 8 nitrogen and oxygen atoms in total. The molecular formula is C68H85N3O5. The van der Waals surface area contributed by atoms with Crippen LogP contribution in [-0.4, -0.2) is 28.2 Å². The summed E-state index contributed by atoms with van der Waals surface area (Å²) >= 11 is 0. The molecule has 402 valence electrons. The molecule has 4 unspecified atom stereocenters. The number of hydrogen-bond acceptors (Lipinski definition) is 8. The Balaban J connectivity index is 1.24. The zero-order valence-corrected chi connectivity index (χ0v) is 47.6. The van der Waals surface area contributed by atoms with E-state index in [-0.39, 0.29) is 10.8 Å². The van der Waals surface area contributed by atoms with Crippen molar-refractivity contribution in [2.75, 3.05) is 13.2 Å². The standard InChI is InChI=1S/C68H85N3O5/c1-11-18-23-46(15-5)44-72-55-30-27-49-38-54(39-51(49)40-55)68(64-70-58-42-53(29-33-61(58)75-64)67(10,17-7)36-21-14-4,65-71-59-43-56(31-34-62(59)76-65)73-45-47(16-6)24-19-12-2)63-69-57-41-50(28-32-60(57)74-63)48-25-22-26-52(37-48)66(8,9)35-20-13-3/h22,25-34,37,39-43,46-47H,11-21,23-24,35-36,38,44-45H2,1-10H3. The molecule has 3 heterocycles. The van der Waals surface area contributed by atoms with Crippen molar-refractivity contribution in [2.24, 2.45) is 11.8 Å². The summed E-state index contributed by atoms with van der Waals surface area (Å²) < 4.78 is 34.5. The summed E-state index contributed by atoms with van der Waals surface area (Å²) in [5, 5.41) is 0. The van der Waals surface area contributed by atoms with E-state index in [0.29, 0.717) is 71.4 Å². The number of fused-ring (bicyclic) bond motifs is 4. The van der Waals surface area contributed by atoms with E-state index in [1.807, 2.05) is 24.3 Å². The van der Waals surface area contributed by atoms with Gasteiger partial charge in [0.25, 0.3) is 0 Å². The molecular weight excluding hydrogens is 939 g/mol. The van der Waals surface area contributed by atoms with Gasteiger partial charge in [0.05, 0.1) is 13.2 Å². The second kappa shape index (κ2) is 24.0. The summed E-state index contributed by atoms with van der Waals surface area (Å²) in [5.41, 5.74) is 10.6. The van der Waals surface area contributed by atoms with Crippen LogP contribution in [0.1, 0.15) is 205 Å². The third-order valence-corrected chi connectivity index (χ3v) is 17.2. The molecule has 5 aromatic carbocycles. The first kappa shape index (κ1) is 54.6. The van der Waals surface area contributed by atoms with E-state index < -0.39 is 5.41 Å². The first-order valence-electron chi connectivity index (χ1n) is 29.3. The largest absolute Gasteiger partial charge is 0.493 e. The van der Waals surface area contributed by atoms with Crippen molar-refractivity contribution >= 4 is 39.4 Å². The fourth-order valence-corrected chi connectivity index (χ4v) is 11.4. The van der Waals surface area contributed by atoms with Gasteiger partial charge in [0.15, 0.2) is 16.7 Å². The Bertz CT molecular complexity index is 3240. The summed E-state index contributed by atoms with van der Waals surface area (Å²) in [7, 11) is 0. The quantitative estimate of drug-likeness (QED) is 0.0479. The van der Waals surface area contributed by atoms with Crippen LogP contribution in [0.25, 0.3) is 50.5 Å². The van der Waals surface area contributed by atoms with Gasteiger partial charge in [-0.1, -0.05) is 182 Å². The molecule has 3 aromatic heterocycles. The Kier molecular flexibility index (Phi) is 17.3. The highest BCUT2D eigenvalue weighted by Crippen LogP contribution is 2.51. The molecule has 76 heavy (non-hydrogen) atoms. The lowest BCUT2D eigenvalue weighted by atomic mass is 9.76. The minimum atomic E-state index is -1.45. The predicted molar refractivity (Wildman–Crippen MR) is 313 cm³/mol. The van der Waals surface area contributed by atoms with Gasteiger partial charge in [-0.25, -0.2) is 15.0 Å². The zero-order valence-electron chi connectivity index (χ0n) is 47.6. The second-order valence-electron chi connectivity index (χ2n) is 23.0. The lowest BCUT2D eigenvalue weighted by Crippen LogP contribution is -2.33. The average Bonchev–Trinajstić information content (AvgIpc) is 4.29. The molecule has 8 heteroatoms. The van der Waals surface area contributed by atoms with Gasteiger partial charge in [-0.15, -0.1) is 0 Å². The lowest BCUT2D eigenvalue weighted by molar-refractivity contribution is 0.233. The molecule has 0 bridgehead atoms. The summed E-state index contributed by atoms with van der Waals surface area (Å²) in [5.74, 6) is 3.75. The number of benzene rings is 5. The second-order valence-corrected chi connectivity index (χ2v) is 23.0. The molecule has 0 amide bonds. The van der Waals surface area contributed by atoms with Crippen molar-refractivity contribution in [1.29, 1.82) is 0 Å². The van der Waals surface area contributed by atoms with Crippen molar-refractivity contribution in [3.8, 4) is 22.6 Å². The normalized spacial score (nSPS) is 15.2. The first-order chi connectivity index (χ1) is 36.9. The van der Waals surface area contributed by atoms with Crippen LogP contribution >= 0.6 is 0 Å². The summed E-state index contributed by atoms with van der Waals surface area (Å²) in [4.78, 5) is 16.5. The summed E-state index contributed by atoms with van der Waals surface area (Å²) in [6, 6.07) is 34.3. The third kappa shape index (κ3) is 11.4. The minimum Gasteiger partial charge on any atom is -0.493 e. The number of unbranched alkanes of at least 4 members (excludes halogenated alkanes) is 4. The van der Waals surface area contributed by atoms with Crippen LogP contribution < -0.4 is 9.47 Å². The number of hydrogen-bond donors (Lipinski definition) is 0. The fraction of sp³-hybridized carbons (Fsp3) is 0.485. The van der Waals surface area contributed by atoms with Gasteiger partial charge in [-0.3, -0.25) is 0 Å². The summed E-state index contributed by atoms with van der Waals surface area (Å²) in [6.45, 7) is 24.3. The molecule has 4 atom stereocenters. The molecule has 0 spiro atoms. The van der Waals surface area contributed by atoms with Gasteiger partial charge in [0.2, 0.25) is 23.1 Å². The molecule has 0 N–H and O–H groups in total. The van der Waals surface area contributed by atoms with Gasteiger partial charge in [-0.05, 0) is 149 Å². The Labute approximate surface area is 453 Å². The average molecular weight is 1020 g/mol. The molecule has 8 aromatic rings. The van der Waals surface area contributed by atoms with E-state index in [2.05, 4.69) is 148 Å². The first-order valence-corrected chi connectivity index (χ1v) is 29.3.